The molecule has 90 valence electrons. The van der Waals surface area contributed by atoms with Gasteiger partial charge in [-0.15, -0.1) is 0 Å². The highest BCUT2D eigenvalue weighted by atomic mass is 19.1. The summed E-state index contributed by atoms with van der Waals surface area (Å²) in [6.07, 6.45) is 0.718. The van der Waals surface area contributed by atoms with E-state index in [0.29, 0.717) is 0 Å². The Morgan fingerprint density at radius 1 is 1.56 bits per heavy atom. The lowest BCUT2D eigenvalue weighted by atomic mass is 10.1. The molecule has 16 heavy (non-hydrogen) atoms. The van der Waals surface area contributed by atoms with Gasteiger partial charge in [-0.3, -0.25) is 4.79 Å². The van der Waals surface area contributed by atoms with Crippen molar-refractivity contribution in [2.75, 3.05) is 5.73 Å². The standard InChI is InChI=1S/C7H8FN.C5H10O2/c1-5-2-3-7(9)6(8)4-5;1-3-4(2)5(6)7/h2-4H,9H2,1H3;4H,3H2,1-2H3,(H,6,7). The van der Waals surface area contributed by atoms with Gasteiger partial charge in [-0.25, -0.2) is 4.39 Å². The van der Waals surface area contributed by atoms with Crippen molar-refractivity contribution in [2.45, 2.75) is 27.2 Å². The number of carboxylic acids is 1. The first-order chi connectivity index (χ1) is 7.38. The number of aryl methyl sites for hydroxylation is 1. The van der Waals surface area contributed by atoms with Crippen LogP contribution in [0.2, 0.25) is 0 Å². The summed E-state index contributed by atoms with van der Waals surface area (Å²) in [6, 6.07) is 4.75. The number of halogens is 1. The summed E-state index contributed by atoms with van der Waals surface area (Å²) >= 11 is 0. The molecule has 0 aromatic heterocycles. The second-order valence-corrected chi connectivity index (χ2v) is 3.67. The van der Waals surface area contributed by atoms with Crippen LogP contribution < -0.4 is 5.73 Å². The Morgan fingerprint density at radius 2 is 2.12 bits per heavy atom. The van der Waals surface area contributed by atoms with Crippen molar-refractivity contribution < 1.29 is 14.3 Å². The van der Waals surface area contributed by atoms with Gasteiger partial charge >= 0.3 is 5.97 Å². The highest BCUT2D eigenvalue weighted by molar-refractivity contribution is 5.69. The molecule has 0 aliphatic rings. The quantitative estimate of drug-likeness (QED) is 0.763. The van der Waals surface area contributed by atoms with E-state index < -0.39 is 5.97 Å². The van der Waals surface area contributed by atoms with Gasteiger partial charge < -0.3 is 10.8 Å². The summed E-state index contributed by atoms with van der Waals surface area (Å²) < 4.78 is 12.5. The Hall–Kier alpha value is -1.58. The lowest BCUT2D eigenvalue weighted by Gasteiger charge is -1.96. The Balaban J connectivity index is 0.000000293. The molecule has 1 atom stereocenters. The molecule has 1 rings (SSSR count). The molecular formula is C12H18FNO2. The topological polar surface area (TPSA) is 63.3 Å². The van der Waals surface area contributed by atoms with E-state index in [-0.39, 0.29) is 17.4 Å². The molecule has 0 spiro atoms. The van der Waals surface area contributed by atoms with E-state index >= 15 is 0 Å². The van der Waals surface area contributed by atoms with E-state index in [1.165, 1.54) is 6.07 Å². The Kier molecular flexibility index (Phi) is 6.15. The molecule has 0 saturated heterocycles. The molecule has 0 bridgehead atoms. The summed E-state index contributed by atoms with van der Waals surface area (Å²) in [5.41, 5.74) is 6.31. The van der Waals surface area contributed by atoms with Crippen LogP contribution >= 0.6 is 0 Å². The lowest BCUT2D eigenvalue weighted by molar-refractivity contribution is -0.141. The monoisotopic (exact) mass is 227 g/mol. The van der Waals surface area contributed by atoms with Crippen molar-refractivity contribution >= 4 is 11.7 Å². The SMILES string of the molecule is CCC(C)C(=O)O.Cc1ccc(N)c(F)c1. The third-order valence-electron chi connectivity index (χ3n) is 2.19. The molecule has 3 N–H and O–H groups in total. The minimum atomic E-state index is -0.706. The summed E-state index contributed by atoms with van der Waals surface area (Å²) in [5, 5.41) is 8.18. The van der Waals surface area contributed by atoms with Gasteiger partial charge in [0.05, 0.1) is 11.6 Å². The Labute approximate surface area is 95.1 Å². The van der Waals surface area contributed by atoms with Crippen LogP contribution in [0.15, 0.2) is 18.2 Å². The van der Waals surface area contributed by atoms with E-state index in [1.807, 2.05) is 13.8 Å². The normalized spacial score (nSPS) is 11.2. The summed E-state index contributed by atoms with van der Waals surface area (Å²) in [4.78, 5) is 9.93. The maximum atomic E-state index is 12.5. The number of hydrogen-bond acceptors (Lipinski definition) is 2. The van der Waals surface area contributed by atoms with Crippen LogP contribution in [0.3, 0.4) is 0 Å². The number of nitrogens with two attached hydrogens (primary N) is 1. The van der Waals surface area contributed by atoms with E-state index in [4.69, 9.17) is 10.8 Å². The van der Waals surface area contributed by atoms with Gasteiger partial charge in [0.1, 0.15) is 5.82 Å². The molecule has 0 aliphatic heterocycles. The number of aliphatic carboxylic acids is 1. The average molecular weight is 227 g/mol. The minimum Gasteiger partial charge on any atom is -0.481 e. The number of carboxylic acid groups (broad SMARTS) is 1. The van der Waals surface area contributed by atoms with Gasteiger partial charge in [0.25, 0.3) is 0 Å². The second kappa shape index (κ2) is 6.82. The van der Waals surface area contributed by atoms with Gasteiger partial charge in [-0.2, -0.15) is 0 Å². The molecule has 1 unspecified atom stereocenters. The number of anilines is 1. The molecule has 0 heterocycles. The summed E-state index contributed by atoms with van der Waals surface area (Å²) in [5.74, 6) is -1.22. The van der Waals surface area contributed by atoms with Crippen LogP contribution in [0.25, 0.3) is 0 Å². The van der Waals surface area contributed by atoms with Crippen molar-refractivity contribution in [2.24, 2.45) is 5.92 Å². The van der Waals surface area contributed by atoms with Gasteiger partial charge in [-0.1, -0.05) is 19.9 Å². The number of nitrogen functional groups attached to an aromatic ring is 1. The smallest absolute Gasteiger partial charge is 0.306 e. The van der Waals surface area contributed by atoms with E-state index in [1.54, 1.807) is 19.1 Å². The van der Waals surface area contributed by atoms with Crippen molar-refractivity contribution in [3.05, 3.63) is 29.6 Å². The average Bonchev–Trinajstić information content (AvgIpc) is 2.23. The lowest BCUT2D eigenvalue weighted by Crippen LogP contribution is -2.06. The highest BCUT2D eigenvalue weighted by Crippen LogP contribution is 2.10. The number of carbonyl (C=O) groups is 1. The van der Waals surface area contributed by atoms with Crippen molar-refractivity contribution in [3.8, 4) is 0 Å². The third kappa shape index (κ3) is 5.34. The highest BCUT2D eigenvalue weighted by Gasteiger charge is 2.05. The van der Waals surface area contributed by atoms with Crippen LogP contribution in [0.5, 0.6) is 0 Å². The van der Waals surface area contributed by atoms with E-state index in [9.17, 15) is 9.18 Å². The molecule has 4 heteroatoms. The van der Waals surface area contributed by atoms with Gasteiger partial charge in [0, 0.05) is 0 Å². The fraction of sp³-hybridized carbons (Fsp3) is 0.417. The van der Waals surface area contributed by atoms with Gasteiger partial charge in [0.2, 0.25) is 0 Å². The number of hydrogen-bond donors (Lipinski definition) is 2. The zero-order chi connectivity index (χ0) is 12.7. The van der Waals surface area contributed by atoms with Crippen LogP contribution in [-0.4, -0.2) is 11.1 Å². The van der Waals surface area contributed by atoms with Crippen LogP contribution in [0.4, 0.5) is 10.1 Å². The molecule has 1 aromatic carbocycles. The van der Waals surface area contributed by atoms with Crippen molar-refractivity contribution in [1.82, 2.24) is 0 Å². The number of benzene rings is 1. The van der Waals surface area contributed by atoms with Crippen molar-refractivity contribution in [3.63, 3.8) is 0 Å². The van der Waals surface area contributed by atoms with Crippen molar-refractivity contribution in [1.29, 1.82) is 0 Å². The fourth-order valence-electron chi connectivity index (χ4n) is 0.807. The number of rotatable bonds is 2. The van der Waals surface area contributed by atoms with Gasteiger partial charge in [0.15, 0.2) is 0 Å². The maximum Gasteiger partial charge on any atom is 0.306 e. The summed E-state index contributed by atoms with van der Waals surface area (Å²) in [6.45, 7) is 5.38. The second-order valence-electron chi connectivity index (χ2n) is 3.67. The zero-order valence-electron chi connectivity index (χ0n) is 9.83. The largest absolute Gasteiger partial charge is 0.481 e. The molecule has 1 aromatic rings. The molecule has 0 saturated carbocycles. The van der Waals surface area contributed by atoms with E-state index in [2.05, 4.69) is 0 Å². The molecule has 0 amide bonds. The molecule has 3 nitrogen and oxygen atoms in total. The third-order valence-corrected chi connectivity index (χ3v) is 2.19. The predicted octanol–water partition coefficient (Wildman–Crippen LogP) is 2.83. The molecule has 0 fully saturated rings. The fourth-order valence-corrected chi connectivity index (χ4v) is 0.807. The first kappa shape index (κ1) is 14.4. The Morgan fingerprint density at radius 3 is 2.38 bits per heavy atom. The van der Waals surface area contributed by atoms with Crippen LogP contribution in [-0.2, 0) is 4.79 Å². The van der Waals surface area contributed by atoms with Crippen LogP contribution in [0.1, 0.15) is 25.8 Å². The zero-order valence-corrected chi connectivity index (χ0v) is 9.83. The predicted molar refractivity (Wildman–Crippen MR) is 62.6 cm³/mol. The summed E-state index contributed by atoms with van der Waals surface area (Å²) in [7, 11) is 0. The Bertz CT molecular complexity index is 353. The maximum absolute atomic E-state index is 12.5. The van der Waals surface area contributed by atoms with Gasteiger partial charge in [-0.05, 0) is 31.0 Å². The van der Waals surface area contributed by atoms with Crippen LogP contribution in [0, 0.1) is 18.7 Å². The molecule has 0 aliphatic carbocycles. The first-order valence-electron chi connectivity index (χ1n) is 5.12. The molecule has 0 radical (unpaired) electrons. The minimum absolute atomic E-state index is 0.181. The molecular weight excluding hydrogens is 209 g/mol. The van der Waals surface area contributed by atoms with E-state index in [0.717, 1.165) is 12.0 Å². The first-order valence-corrected chi connectivity index (χ1v) is 5.12.